The van der Waals surface area contributed by atoms with E-state index in [-0.39, 0.29) is 12.5 Å². The summed E-state index contributed by atoms with van der Waals surface area (Å²) in [6.07, 6.45) is 1.12. The highest BCUT2D eigenvalue weighted by molar-refractivity contribution is 5.72. The summed E-state index contributed by atoms with van der Waals surface area (Å²) < 4.78 is 44.7. The normalized spacial score (nSPS) is 15.1. The molecule has 0 bridgehead atoms. The fourth-order valence-electron chi connectivity index (χ4n) is 3.31. The molecule has 1 aromatic carbocycles. The van der Waals surface area contributed by atoms with Crippen molar-refractivity contribution in [1.82, 2.24) is 4.57 Å². The molecule has 1 fully saturated rings. The average molecular weight is 379 g/mol. The second-order valence-electron chi connectivity index (χ2n) is 6.85. The maximum absolute atomic E-state index is 12.8. The van der Waals surface area contributed by atoms with Gasteiger partial charge in [0.1, 0.15) is 5.75 Å². The zero-order valence-electron chi connectivity index (χ0n) is 14.7. The zero-order valence-corrected chi connectivity index (χ0v) is 14.7. The molecular weight excluding hydrogens is 359 g/mol. The van der Waals surface area contributed by atoms with Crippen molar-refractivity contribution in [3.63, 3.8) is 0 Å². The topological polar surface area (TPSA) is 48.3 Å². The van der Waals surface area contributed by atoms with Crippen LogP contribution in [0.3, 0.4) is 0 Å². The van der Waals surface area contributed by atoms with Crippen LogP contribution in [-0.2, 0) is 17.5 Å². The molecule has 1 saturated carbocycles. The number of carbonyl (C=O) groups is 1. The van der Waals surface area contributed by atoms with Crippen LogP contribution < -0.4 is 10.3 Å². The Hall–Kier alpha value is -2.57. The fraction of sp³-hybridized carbons (Fsp3) is 0.400. The van der Waals surface area contributed by atoms with Crippen LogP contribution in [0.1, 0.15) is 43.2 Å². The van der Waals surface area contributed by atoms with Gasteiger partial charge in [-0.25, -0.2) is 0 Å². The third-order valence-corrected chi connectivity index (χ3v) is 4.75. The summed E-state index contributed by atoms with van der Waals surface area (Å²) in [5.74, 6) is 0.506. The lowest BCUT2D eigenvalue weighted by molar-refractivity contribution is -0.138. The fourth-order valence-corrected chi connectivity index (χ4v) is 3.31. The molecule has 144 valence electrons. The highest BCUT2D eigenvalue weighted by atomic mass is 19.4. The molecule has 0 atom stereocenters. The molecule has 0 unspecified atom stereocenters. The van der Waals surface area contributed by atoms with Crippen molar-refractivity contribution >= 4 is 5.97 Å². The predicted molar refractivity (Wildman–Crippen MR) is 93.5 cm³/mol. The van der Waals surface area contributed by atoms with E-state index in [0.29, 0.717) is 23.7 Å². The Morgan fingerprint density at radius 1 is 1.07 bits per heavy atom. The Labute approximate surface area is 154 Å². The van der Waals surface area contributed by atoms with Gasteiger partial charge in [-0.05, 0) is 42.5 Å². The van der Waals surface area contributed by atoms with Crippen LogP contribution in [0, 0.1) is 5.92 Å². The van der Waals surface area contributed by atoms with Gasteiger partial charge in [-0.15, -0.1) is 0 Å². The maximum atomic E-state index is 12.8. The lowest BCUT2D eigenvalue weighted by atomic mass is 10.0. The van der Waals surface area contributed by atoms with Gasteiger partial charge in [0, 0.05) is 18.7 Å². The molecule has 1 aromatic heterocycles. The molecule has 0 N–H and O–H groups in total. The molecule has 0 spiro atoms. The number of nitrogens with zero attached hydrogens (tertiary/aromatic N) is 1. The Balaban J connectivity index is 1.64. The Morgan fingerprint density at radius 3 is 2.37 bits per heavy atom. The van der Waals surface area contributed by atoms with Crippen molar-refractivity contribution in [2.45, 2.75) is 44.8 Å². The Bertz CT molecular complexity index is 850. The van der Waals surface area contributed by atoms with E-state index in [2.05, 4.69) is 0 Å². The number of hydrogen-bond acceptors (Lipinski definition) is 3. The number of carbonyl (C=O) groups excluding carboxylic acids is 1. The smallest absolute Gasteiger partial charge is 0.417 e. The number of halogens is 3. The number of rotatable bonds is 5. The van der Waals surface area contributed by atoms with Gasteiger partial charge >= 0.3 is 12.1 Å². The van der Waals surface area contributed by atoms with Gasteiger partial charge in [0.05, 0.1) is 12.1 Å². The van der Waals surface area contributed by atoms with Crippen LogP contribution >= 0.6 is 0 Å². The van der Waals surface area contributed by atoms with Gasteiger partial charge in [-0.1, -0.05) is 25.0 Å². The SMILES string of the molecule is O=C(CC1CCCC1)Oc1ccc(Cn2cc(C(F)(F)F)ccc2=O)cc1. The molecule has 3 rings (SSSR count). The van der Waals surface area contributed by atoms with Crippen molar-refractivity contribution in [3.05, 3.63) is 64.1 Å². The molecule has 7 heteroatoms. The summed E-state index contributed by atoms with van der Waals surface area (Å²) in [6.45, 7) is -0.000939. The summed E-state index contributed by atoms with van der Waals surface area (Å²) in [5.41, 5.74) is -0.762. The Morgan fingerprint density at radius 2 is 1.74 bits per heavy atom. The third kappa shape index (κ3) is 5.21. The summed E-state index contributed by atoms with van der Waals surface area (Å²) in [6, 6.07) is 8.10. The molecular formula is C20H20F3NO3. The Kier molecular flexibility index (Phi) is 5.68. The van der Waals surface area contributed by atoms with Gasteiger partial charge in [0.2, 0.25) is 0 Å². The minimum atomic E-state index is -4.51. The van der Waals surface area contributed by atoms with E-state index in [9.17, 15) is 22.8 Å². The van der Waals surface area contributed by atoms with Gasteiger partial charge in [0.25, 0.3) is 5.56 Å². The minimum Gasteiger partial charge on any atom is -0.427 e. The molecule has 1 aliphatic carbocycles. The molecule has 0 amide bonds. The number of esters is 1. The first kappa shape index (κ1) is 19.2. The van der Waals surface area contributed by atoms with Gasteiger partial charge in [-0.3, -0.25) is 9.59 Å². The molecule has 4 nitrogen and oxygen atoms in total. The zero-order chi connectivity index (χ0) is 19.4. The van der Waals surface area contributed by atoms with Gasteiger partial charge in [0.15, 0.2) is 0 Å². The summed E-state index contributed by atoms with van der Waals surface area (Å²) in [5, 5.41) is 0. The molecule has 27 heavy (non-hydrogen) atoms. The van der Waals surface area contributed by atoms with E-state index in [1.54, 1.807) is 24.3 Å². The second-order valence-corrected chi connectivity index (χ2v) is 6.85. The summed E-state index contributed by atoms with van der Waals surface area (Å²) >= 11 is 0. The van der Waals surface area contributed by atoms with E-state index in [0.717, 1.165) is 48.6 Å². The number of ether oxygens (including phenoxy) is 1. The van der Waals surface area contributed by atoms with E-state index >= 15 is 0 Å². The highest BCUT2D eigenvalue weighted by Gasteiger charge is 2.31. The average Bonchev–Trinajstić information content (AvgIpc) is 3.10. The van der Waals surface area contributed by atoms with E-state index in [4.69, 9.17) is 4.74 Å². The van der Waals surface area contributed by atoms with E-state index in [1.807, 2.05) is 0 Å². The number of pyridine rings is 1. The first-order chi connectivity index (χ1) is 12.8. The predicted octanol–water partition coefficient (Wildman–Crippen LogP) is 4.40. The first-order valence-electron chi connectivity index (χ1n) is 8.88. The lowest BCUT2D eigenvalue weighted by Crippen LogP contribution is -2.21. The molecule has 0 radical (unpaired) electrons. The standard InChI is InChI=1S/C20H20F3NO3/c21-20(22,23)16-7-10-18(25)24(13-16)12-15-5-8-17(9-6-15)27-19(26)11-14-3-1-2-4-14/h5-10,13-14H,1-4,11-12H2. The van der Waals surface area contributed by atoms with Crippen LogP contribution in [-0.4, -0.2) is 10.5 Å². The van der Waals surface area contributed by atoms with Crippen molar-refractivity contribution in [2.24, 2.45) is 5.92 Å². The number of alkyl halides is 3. The van der Waals surface area contributed by atoms with E-state index in [1.165, 1.54) is 0 Å². The molecule has 1 aliphatic rings. The van der Waals surface area contributed by atoms with Gasteiger partial charge < -0.3 is 9.30 Å². The largest absolute Gasteiger partial charge is 0.427 e. The lowest BCUT2D eigenvalue weighted by Gasteiger charge is -2.11. The summed E-state index contributed by atoms with van der Waals surface area (Å²) in [7, 11) is 0. The van der Waals surface area contributed by atoms with Crippen molar-refractivity contribution < 1.29 is 22.7 Å². The van der Waals surface area contributed by atoms with E-state index < -0.39 is 17.3 Å². The first-order valence-corrected chi connectivity index (χ1v) is 8.88. The van der Waals surface area contributed by atoms with Crippen LogP contribution in [0.2, 0.25) is 0 Å². The van der Waals surface area contributed by atoms with Gasteiger partial charge in [-0.2, -0.15) is 13.2 Å². The quantitative estimate of drug-likeness (QED) is 0.571. The second kappa shape index (κ2) is 7.98. The molecule has 2 aromatic rings. The van der Waals surface area contributed by atoms with Crippen molar-refractivity contribution in [1.29, 1.82) is 0 Å². The monoisotopic (exact) mass is 379 g/mol. The van der Waals surface area contributed by atoms with Crippen LogP contribution in [0.15, 0.2) is 47.4 Å². The van der Waals surface area contributed by atoms with Crippen molar-refractivity contribution in [2.75, 3.05) is 0 Å². The third-order valence-electron chi connectivity index (χ3n) is 4.75. The number of benzene rings is 1. The van der Waals surface area contributed by atoms with Crippen LogP contribution in [0.5, 0.6) is 5.75 Å². The maximum Gasteiger partial charge on any atom is 0.417 e. The minimum absolute atomic E-state index is 0.000939. The van der Waals surface area contributed by atoms with Crippen LogP contribution in [0.4, 0.5) is 13.2 Å². The molecule has 0 saturated heterocycles. The molecule has 0 aliphatic heterocycles. The summed E-state index contributed by atoms with van der Waals surface area (Å²) in [4.78, 5) is 23.8. The number of aromatic nitrogens is 1. The molecule has 1 heterocycles. The van der Waals surface area contributed by atoms with Crippen LogP contribution in [0.25, 0.3) is 0 Å². The van der Waals surface area contributed by atoms with Crippen molar-refractivity contribution in [3.8, 4) is 5.75 Å². The highest BCUT2D eigenvalue weighted by Crippen LogP contribution is 2.29. The number of hydrogen-bond donors (Lipinski definition) is 0.